The number of nitrogens with zero attached hydrogens (tertiary/aromatic N) is 1. The van der Waals surface area contributed by atoms with Gasteiger partial charge in [0.1, 0.15) is 5.76 Å². The van der Waals surface area contributed by atoms with Crippen molar-refractivity contribution in [1.82, 2.24) is 4.31 Å². The van der Waals surface area contributed by atoms with Crippen LogP contribution in [0.4, 0.5) is 0 Å². The van der Waals surface area contributed by atoms with E-state index in [9.17, 15) is 5.11 Å². The minimum absolute atomic E-state index is 0.338. The molecule has 3 nitrogen and oxygen atoms in total. The minimum Gasteiger partial charge on any atom is -0.511 e. The zero-order valence-electron chi connectivity index (χ0n) is 8.86. The van der Waals surface area contributed by atoms with Crippen LogP contribution in [-0.4, -0.2) is 22.5 Å². The summed E-state index contributed by atoms with van der Waals surface area (Å²) in [4.78, 5) is 0. The van der Waals surface area contributed by atoms with Crippen molar-refractivity contribution in [3.63, 3.8) is 0 Å². The molecular formula is C9H18N2OS2. The lowest BCUT2D eigenvalue weighted by Gasteiger charge is -2.17. The molecule has 0 unspecified atom stereocenters. The maximum absolute atomic E-state index is 9.42. The summed E-state index contributed by atoms with van der Waals surface area (Å²) < 4.78 is 3.03. The Morgan fingerprint density at radius 1 is 1.43 bits per heavy atom. The summed E-state index contributed by atoms with van der Waals surface area (Å²) in [6.45, 7) is 7.76. The minimum atomic E-state index is 0.338. The van der Waals surface area contributed by atoms with Crippen molar-refractivity contribution in [2.45, 2.75) is 20.8 Å². The summed E-state index contributed by atoms with van der Waals surface area (Å²) in [5.74, 6) is 0.338. The summed E-state index contributed by atoms with van der Waals surface area (Å²) in [7, 11) is 0. The first kappa shape index (κ1) is 13.7. The number of aliphatic hydroxyl groups excluding tert-OH is 1. The van der Waals surface area contributed by atoms with Gasteiger partial charge in [-0.25, -0.2) is 4.31 Å². The van der Waals surface area contributed by atoms with Crippen molar-refractivity contribution < 1.29 is 5.11 Å². The van der Waals surface area contributed by atoms with Crippen LogP contribution in [0.2, 0.25) is 0 Å². The third-order valence-electron chi connectivity index (χ3n) is 1.47. The van der Waals surface area contributed by atoms with Crippen LogP contribution in [0.15, 0.2) is 21.6 Å². The Labute approximate surface area is 94.6 Å². The van der Waals surface area contributed by atoms with E-state index in [0.717, 1.165) is 17.3 Å². The first-order valence-corrected chi connectivity index (χ1v) is 6.17. The molecule has 0 amide bonds. The number of aliphatic hydroxyl groups is 1. The van der Waals surface area contributed by atoms with Crippen LogP contribution in [0.25, 0.3) is 0 Å². The maximum atomic E-state index is 9.42. The maximum Gasteiger partial charge on any atom is 0.111 e. The molecule has 0 bridgehead atoms. The lowest BCUT2D eigenvalue weighted by Crippen LogP contribution is -2.13. The molecule has 0 aliphatic heterocycles. The molecule has 5 heteroatoms. The van der Waals surface area contributed by atoms with Gasteiger partial charge in [-0.1, -0.05) is 25.6 Å². The van der Waals surface area contributed by atoms with E-state index >= 15 is 0 Å². The van der Waals surface area contributed by atoms with E-state index in [1.54, 1.807) is 24.3 Å². The van der Waals surface area contributed by atoms with Crippen molar-refractivity contribution in [3.8, 4) is 0 Å². The highest BCUT2D eigenvalue weighted by molar-refractivity contribution is 8.22. The zero-order chi connectivity index (χ0) is 11.0. The summed E-state index contributed by atoms with van der Waals surface area (Å²) >= 11 is 2.99. The molecule has 3 N–H and O–H groups in total. The highest BCUT2D eigenvalue weighted by Gasteiger charge is 2.07. The van der Waals surface area contributed by atoms with Gasteiger partial charge in [-0.3, -0.25) is 0 Å². The van der Waals surface area contributed by atoms with Gasteiger partial charge in [-0.2, -0.15) is 0 Å². The molecule has 0 atom stereocenters. The van der Waals surface area contributed by atoms with Crippen LogP contribution in [0.5, 0.6) is 0 Å². The Bertz CT molecular complexity index is 209. The van der Waals surface area contributed by atoms with Gasteiger partial charge in [0, 0.05) is 19.3 Å². The van der Waals surface area contributed by atoms with Crippen molar-refractivity contribution in [2.24, 2.45) is 5.73 Å². The second-order valence-electron chi connectivity index (χ2n) is 2.52. The molecule has 0 aromatic carbocycles. The fourth-order valence-corrected chi connectivity index (χ4v) is 2.40. The smallest absolute Gasteiger partial charge is 0.111 e. The quantitative estimate of drug-likeness (QED) is 0.546. The van der Waals surface area contributed by atoms with Crippen LogP contribution in [0.1, 0.15) is 20.8 Å². The Hall–Kier alpha value is -0.260. The molecule has 0 aromatic rings. The predicted octanol–water partition coefficient (Wildman–Crippen LogP) is 2.89. The average molecular weight is 234 g/mol. The summed E-state index contributed by atoms with van der Waals surface area (Å²) in [6, 6.07) is 0. The molecule has 0 radical (unpaired) electrons. The molecule has 14 heavy (non-hydrogen) atoms. The molecule has 0 spiro atoms. The van der Waals surface area contributed by atoms with Gasteiger partial charge in [0.05, 0.1) is 4.24 Å². The van der Waals surface area contributed by atoms with E-state index in [0.29, 0.717) is 5.76 Å². The van der Waals surface area contributed by atoms with E-state index in [-0.39, 0.29) is 0 Å². The monoisotopic (exact) mass is 234 g/mol. The van der Waals surface area contributed by atoms with Gasteiger partial charge in [-0.05, 0) is 24.3 Å². The number of hydrogen-bond donors (Lipinski definition) is 2. The summed E-state index contributed by atoms with van der Waals surface area (Å²) in [6.07, 6.45) is 1.47. The van der Waals surface area contributed by atoms with E-state index in [4.69, 9.17) is 5.73 Å². The van der Waals surface area contributed by atoms with Crippen molar-refractivity contribution >= 4 is 23.7 Å². The van der Waals surface area contributed by atoms with E-state index in [1.807, 2.05) is 0 Å². The Kier molecular flexibility index (Phi) is 7.93. The molecule has 0 heterocycles. The average Bonchev–Trinajstić information content (AvgIpc) is 2.18. The normalized spacial score (nSPS) is 13.7. The molecule has 82 valence electrons. The fourth-order valence-electron chi connectivity index (χ4n) is 0.744. The van der Waals surface area contributed by atoms with Crippen LogP contribution in [-0.2, 0) is 0 Å². The van der Waals surface area contributed by atoms with Crippen LogP contribution >= 0.6 is 23.7 Å². The zero-order valence-corrected chi connectivity index (χ0v) is 10.5. The van der Waals surface area contributed by atoms with Gasteiger partial charge in [-0.15, -0.1) is 0 Å². The largest absolute Gasteiger partial charge is 0.511 e. The lowest BCUT2D eigenvalue weighted by atomic mass is 10.7. The number of thioether (sulfide) groups is 1. The third-order valence-corrected chi connectivity index (χ3v) is 4.02. The van der Waals surface area contributed by atoms with Crippen LogP contribution in [0, 0.1) is 0 Å². The number of allylic oxidation sites excluding steroid dienone is 1. The molecule has 0 saturated heterocycles. The van der Waals surface area contributed by atoms with Crippen molar-refractivity contribution in [2.75, 3.05) is 13.1 Å². The van der Waals surface area contributed by atoms with Gasteiger partial charge >= 0.3 is 0 Å². The van der Waals surface area contributed by atoms with E-state index in [2.05, 4.69) is 18.2 Å². The predicted molar refractivity (Wildman–Crippen MR) is 66.8 cm³/mol. The molecule has 0 fully saturated rings. The van der Waals surface area contributed by atoms with E-state index in [1.165, 1.54) is 18.0 Å². The number of nitrogens with two attached hydrogens (primary N) is 1. The van der Waals surface area contributed by atoms with Crippen molar-refractivity contribution in [3.05, 3.63) is 21.6 Å². The topological polar surface area (TPSA) is 49.5 Å². The molecular weight excluding hydrogens is 216 g/mol. The number of hydrogen-bond acceptors (Lipinski definition) is 5. The standard InChI is InChI=1S/C9H18N2OS2/c1-4-11(5-2)14-9(8(3)12)13-7-6-10/h6-7,12H,4-5,10H2,1-3H3/b7-6+,9-8-. The molecule has 0 saturated carbocycles. The van der Waals surface area contributed by atoms with Crippen molar-refractivity contribution in [1.29, 1.82) is 0 Å². The second kappa shape index (κ2) is 8.08. The Morgan fingerprint density at radius 2 is 2.00 bits per heavy atom. The van der Waals surface area contributed by atoms with Crippen LogP contribution < -0.4 is 5.73 Å². The van der Waals surface area contributed by atoms with Gasteiger partial charge in [0.25, 0.3) is 0 Å². The second-order valence-corrected chi connectivity index (χ2v) is 4.81. The Balaban J connectivity index is 4.31. The lowest BCUT2D eigenvalue weighted by molar-refractivity contribution is 0.414. The molecule has 0 rings (SSSR count). The highest BCUT2D eigenvalue weighted by atomic mass is 32.2. The summed E-state index contributed by atoms with van der Waals surface area (Å²) in [5.41, 5.74) is 5.24. The first-order chi connectivity index (χ1) is 6.65. The van der Waals surface area contributed by atoms with E-state index < -0.39 is 0 Å². The first-order valence-electron chi connectivity index (χ1n) is 4.51. The molecule has 0 aliphatic rings. The SMILES string of the molecule is CCN(CC)S/C(S/C=C/N)=C(/C)O. The summed E-state index contributed by atoms with van der Waals surface area (Å²) in [5, 5.41) is 11.2. The van der Waals surface area contributed by atoms with Gasteiger partial charge in [0.2, 0.25) is 0 Å². The molecule has 0 aliphatic carbocycles. The van der Waals surface area contributed by atoms with Gasteiger partial charge in [0.15, 0.2) is 0 Å². The van der Waals surface area contributed by atoms with Crippen LogP contribution in [0.3, 0.4) is 0 Å². The third kappa shape index (κ3) is 5.47. The van der Waals surface area contributed by atoms with Gasteiger partial charge < -0.3 is 10.8 Å². The fraction of sp³-hybridized carbons (Fsp3) is 0.556. The number of rotatable bonds is 6. The Morgan fingerprint density at radius 3 is 2.36 bits per heavy atom. The highest BCUT2D eigenvalue weighted by Crippen LogP contribution is 2.33. The molecule has 0 aromatic heterocycles.